The van der Waals surface area contributed by atoms with E-state index in [4.69, 9.17) is 4.74 Å². The zero-order valence-corrected chi connectivity index (χ0v) is 17.9. The predicted octanol–water partition coefficient (Wildman–Crippen LogP) is 3.70. The number of hydrogen-bond donors (Lipinski definition) is 2. The van der Waals surface area contributed by atoms with Crippen LogP contribution < -0.4 is 14.8 Å². The lowest BCUT2D eigenvalue weighted by Crippen LogP contribution is -2.28. The van der Waals surface area contributed by atoms with E-state index in [2.05, 4.69) is 21.1 Å². The Bertz CT molecular complexity index is 1130. The van der Waals surface area contributed by atoms with E-state index in [-0.39, 0.29) is 16.7 Å². The largest absolute Gasteiger partial charge is 0.496 e. The number of nitrogens with zero attached hydrogens (tertiary/aromatic N) is 1. The number of benzene rings is 2. The van der Waals surface area contributed by atoms with E-state index < -0.39 is 10.0 Å². The maximum atomic E-state index is 12.8. The van der Waals surface area contributed by atoms with E-state index in [9.17, 15) is 13.2 Å². The van der Waals surface area contributed by atoms with E-state index in [1.807, 2.05) is 12.1 Å². The molecule has 7 nitrogen and oxygen atoms in total. The second-order valence-corrected chi connectivity index (χ2v) is 9.57. The molecular weight excluding hydrogens is 422 g/mol. The minimum atomic E-state index is -3.72. The average molecular weight is 444 g/mol. The predicted molar refractivity (Wildman–Crippen MR) is 117 cm³/mol. The number of fused-ring (bicyclic) bond motifs is 1. The van der Waals surface area contributed by atoms with Gasteiger partial charge in [-0.2, -0.15) is 0 Å². The van der Waals surface area contributed by atoms with E-state index in [1.165, 1.54) is 35.2 Å². The molecule has 2 aromatic carbocycles. The summed E-state index contributed by atoms with van der Waals surface area (Å²) in [6.07, 6.45) is 3.73. The molecule has 0 fully saturated rings. The van der Waals surface area contributed by atoms with Crippen LogP contribution in [0.2, 0.25) is 0 Å². The van der Waals surface area contributed by atoms with Gasteiger partial charge in [-0.15, -0.1) is 11.3 Å². The van der Waals surface area contributed by atoms with Crippen molar-refractivity contribution in [1.29, 1.82) is 0 Å². The lowest BCUT2D eigenvalue weighted by molar-refractivity contribution is -0.120. The quantitative estimate of drug-likeness (QED) is 0.606. The highest BCUT2D eigenvalue weighted by Gasteiger charge is 2.27. The van der Waals surface area contributed by atoms with Gasteiger partial charge >= 0.3 is 0 Å². The monoisotopic (exact) mass is 443 g/mol. The molecule has 9 heteroatoms. The van der Waals surface area contributed by atoms with Crippen LogP contribution in [0.1, 0.15) is 17.5 Å². The van der Waals surface area contributed by atoms with Gasteiger partial charge in [0.15, 0.2) is 5.13 Å². The Labute approximate surface area is 179 Å². The van der Waals surface area contributed by atoms with E-state index in [1.54, 1.807) is 24.6 Å². The minimum absolute atomic E-state index is 0.0805. The van der Waals surface area contributed by atoms with Crippen molar-refractivity contribution in [2.75, 3.05) is 17.1 Å². The average Bonchev–Trinajstić information content (AvgIpc) is 3.25. The smallest absolute Gasteiger partial charge is 0.263 e. The summed E-state index contributed by atoms with van der Waals surface area (Å²) < 4.78 is 32.7. The van der Waals surface area contributed by atoms with E-state index in [0.29, 0.717) is 17.2 Å². The molecule has 2 N–H and O–H groups in total. The maximum Gasteiger partial charge on any atom is 0.263 e. The summed E-state index contributed by atoms with van der Waals surface area (Å²) in [6, 6.07) is 12.1. The van der Waals surface area contributed by atoms with Crippen molar-refractivity contribution < 1.29 is 17.9 Å². The lowest BCUT2D eigenvalue weighted by atomic mass is 9.83. The van der Waals surface area contributed by atoms with Gasteiger partial charge in [0, 0.05) is 23.2 Å². The van der Waals surface area contributed by atoms with Gasteiger partial charge in [0.05, 0.1) is 12.0 Å². The molecule has 0 saturated heterocycles. The van der Waals surface area contributed by atoms with Gasteiger partial charge in [-0.1, -0.05) is 12.1 Å². The SMILES string of the molecule is COc1cccc2c1CC(C(=O)Nc1ccc(S(=O)(=O)Nc3nccs3)cc1)CC2. The van der Waals surface area contributed by atoms with Crippen LogP contribution in [0.4, 0.5) is 10.8 Å². The molecule has 1 aromatic heterocycles. The van der Waals surface area contributed by atoms with Crippen LogP contribution in [0.5, 0.6) is 5.75 Å². The van der Waals surface area contributed by atoms with Crippen LogP contribution in [-0.2, 0) is 27.7 Å². The zero-order chi connectivity index (χ0) is 21.1. The highest BCUT2D eigenvalue weighted by atomic mass is 32.2. The molecule has 0 aliphatic heterocycles. The number of rotatable bonds is 6. The third-order valence-electron chi connectivity index (χ3n) is 5.12. The van der Waals surface area contributed by atoms with Crippen LogP contribution in [0.15, 0.2) is 58.9 Å². The van der Waals surface area contributed by atoms with Crippen LogP contribution in [-0.4, -0.2) is 26.4 Å². The Morgan fingerprint density at radius 3 is 2.70 bits per heavy atom. The second kappa shape index (κ2) is 8.45. The third kappa shape index (κ3) is 4.31. The summed E-state index contributed by atoms with van der Waals surface area (Å²) in [5.74, 6) is 0.569. The number of methoxy groups -OCH3 is 1. The van der Waals surface area contributed by atoms with Crippen molar-refractivity contribution in [3.8, 4) is 5.75 Å². The Kier molecular flexibility index (Phi) is 5.74. The summed E-state index contributed by atoms with van der Waals surface area (Å²) in [6.45, 7) is 0. The standard InChI is InChI=1S/C21H21N3O4S2/c1-28-19-4-2-3-14-5-6-15(13-18(14)19)20(25)23-16-7-9-17(10-8-16)30(26,27)24-21-22-11-12-29-21/h2-4,7-12,15H,5-6,13H2,1H3,(H,22,24)(H,23,25). The number of carbonyl (C=O) groups is 1. The molecule has 1 atom stereocenters. The van der Waals surface area contributed by atoms with Gasteiger partial charge in [-0.05, 0) is 60.7 Å². The molecule has 1 amide bonds. The number of hydrogen-bond acceptors (Lipinski definition) is 6. The Morgan fingerprint density at radius 2 is 2.00 bits per heavy atom. The van der Waals surface area contributed by atoms with Gasteiger partial charge in [0.1, 0.15) is 5.75 Å². The fourth-order valence-corrected chi connectivity index (χ4v) is 5.37. The fourth-order valence-electron chi connectivity index (χ4n) is 3.58. The number of nitrogens with one attached hydrogen (secondary N) is 2. The molecule has 0 spiro atoms. The van der Waals surface area contributed by atoms with Crippen molar-refractivity contribution >= 4 is 38.1 Å². The molecule has 30 heavy (non-hydrogen) atoms. The van der Waals surface area contributed by atoms with Crippen LogP contribution in [0, 0.1) is 5.92 Å². The molecule has 1 aliphatic carbocycles. The maximum absolute atomic E-state index is 12.8. The number of sulfonamides is 1. The van der Waals surface area contributed by atoms with Gasteiger partial charge in [0.2, 0.25) is 5.91 Å². The molecule has 0 radical (unpaired) electrons. The fraction of sp³-hybridized carbons (Fsp3) is 0.238. The molecule has 3 aromatic rings. The molecule has 1 heterocycles. The van der Waals surface area contributed by atoms with Gasteiger partial charge in [-0.25, -0.2) is 13.4 Å². The summed E-state index contributed by atoms with van der Waals surface area (Å²) in [5.41, 5.74) is 2.86. The number of aryl methyl sites for hydroxylation is 1. The van der Waals surface area contributed by atoms with Crippen molar-refractivity contribution in [2.45, 2.75) is 24.2 Å². The molecule has 1 aliphatic rings. The number of aromatic nitrogens is 1. The Balaban J connectivity index is 1.43. The van der Waals surface area contributed by atoms with Crippen molar-refractivity contribution in [1.82, 2.24) is 4.98 Å². The topological polar surface area (TPSA) is 97.4 Å². The number of amides is 1. The molecule has 1 unspecified atom stereocenters. The first-order chi connectivity index (χ1) is 14.5. The number of thiazole rings is 1. The molecule has 0 bridgehead atoms. The minimum Gasteiger partial charge on any atom is -0.496 e. The molecule has 156 valence electrons. The normalized spacial score (nSPS) is 15.8. The van der Waals surface area contributed by atoms with Crippen molar-refractivity contribution in [3.63, 3.8) is 0 Å². The molecular formula is C21H21N3O4S2. The zero-order valence-electron chi connectivity index (χ0n) is 16.3. The first-order valence-electron chi connectivity index (χ1n) is 9.44. The third-order valence-corrected chi connectivity index (χ3v) is 7.29. The molecule has 0 saturated carbocycles. The lowest BCUT2D eigenvalue weighted by Gasteiger charge is -2.25. The summed E-state index contributed by atoms with van der Waals surface area (Å²) in [7, 11) is -2.08. The summed E-state index contributed by atoms with van der Waals surface area (Å²) in [4.78, 5) is 16.8. The van der Waals surface area contributed by atoms with Crippen molar-refractivity contribution in [2.24, 2.45) is 5.92 Å². The van der Waals surface area contributed by atoms with E-state index in [0.717, 1.165) is 24.2 Å². The summed E-state index contributed by atoms with van der Waals surface area (Å²) in [5, 5.41) is 4.90. The number of ether oxygens (including phenoxy) is 1. The summed E-state index contributed by atoms with van der Waals surface area (Å²) >= 11 is 1.20. The second-order valence-electron chi connectivity index (χ2n) is 6.99. The van der Waals surface area contributed by atoms with Gasteiger partial charge < -0.3 is 10.1 Å². The Morgan fingerprint density at radius 1 is 1.20 bits per heavy atom. The highest BCUT2D eigenvalue weighted by Crippen LogP contribution is 2.33. The first kappa shape index (κ1) is 20.4. The number of carbonyl (C=O) groups excluding carboxylic acids is 1. The van der Waals surface area contributed by atoms with Gasteiger partial charge in [-0.3, -0.25) is 9.52 Å². The first-order valence-corrected chi connectivity index (χ1v) is 11.8. The van der Waals surface area contributed by atoms with Gasteiger partial charge in [0.25, 0.3) is 10.0 Å². The van der Waals surface area contributed by atoms with Crippen LogP contribution >= 0.6 is 11.3 Å². The van der Waals surface area contributed by atoms with Crippen molar-refractivity contribution in [3.05, 3.63) is 65.2 Å². The van der Waals surface area contributed by atoms with E-state index >= 15 is 0 Å². The van der Waals surface area contributed by atoms with Crippen LogP contribution in [0.3, 0.4) is 0 Å². The van der Waals surface area contributed by atoms with Crippen LogP contribution in [0.25, 0.3) is 0 Å². The number of anilines is 2. The molecule has 4 rings (SSSR count). The highest BCUT2D eigenvalue weighted by molar-refractivity contribution is 7.93. The Hall–Kier alpha value is -2.91.